The Labute approximate surface area is 123 Å². The van der Waals surface area contributed by atoms with E-state index >= 15 is 0 Å². The fourth-order valence-electron chi connectivity index (χ4n) is 3.60. The van der Waals surface area contributed by atoms with Crippen LogP contribution in [0.15, 0.2) is 35.9 Å². The van der Waals surface area contributed by atoms with Gasteiger partial charge in [-0.15, -0.1) is 0 Å². The molecule has 0 heterocycles. The minimum absolute atomic E-state index is 0.757. The van der Waals surface area contributed by atoms with Crippen LogP contribution in [-0.2, 0) is 0 Å². The second kappa shape index (κ2) is 6.58. The van der Waals surface area contributed by atoms with Gasteiger partial charge in [0.05, 0.1) is 0 Å². The van der Waals surface area contributed by atoms with Crippen LogP contribution in [-0.4, -0.2) is 12.1 Å². The quantitative estimate of drug-likeness (QED) is 0.810. The molecule has 0 amide bonds. The molecule has 1 aromatic carbocycles. The van der Waals surface area contributed by atoms with Crippen LogP contribution in [0.1, 0.15) is 57.4 Å². The summed E-state index contributed by atoms with van der Waals surface area (Å²) in [5, 5.41) is 3.90. The Bertz CT molecular complexity index is 442. The van der Waals surface area contributed by atoms with Crippen molar-refractivity contribution in [2.75, 3.05) is 0 Å². The van der Waals surface area contributed by atoms with Crippen LogP contribution in [0.5, 0.6) is 0 Å². The maximum absolute atomic E-state index is 3.90. The standard InChI is InChI=1S/C19H27N/c1-2-16(13-15-9-5-3-6-10-15)18-14-19(18)20-17-11-7-4-8-12-17/h3,5-6,9-10,13,17-20H,2,4,7-8,11-12,14H2,1H3/b16-13+/t18-,19+/m0/s1. The first-order valence-electron chi connectivity index (χ1n) is 8.38. The van der Waals surface area contributed by atoms with E-state index in [4.69, 9.17) is 0 Å². The highest BCUT2D eigenvalue weighted by Gasteiger charge is 2.40. The zero-order valence-corrected chi connectivity index (χ0v) is 12.6. The molecule has 0 radical (unpaired) electrons. The Morgan fingerprint density at radius 1 is 1.15 bits per heavy atom. The van der Waals surface area contributed by atoms with Gasteiger partial charge in [0.2, 0.25) is 0 Å². The fourth-order valence-corrected chi connectivity index (χ4v) is 3.60. The number of rotatable bonds is 5. The maximum atomic E-state index is 3.90. The van der Waals surface area contributed by atoms with E-state index in [1.165, 1.54) is 50.5 Å². The van der Waals surface area contributed by atoms with Crippen LogP contribution in [0.4, 0.5) is 0 Å². The van der Waals surface area contributed by atoms with Gasteiger partial charge in [-0.3, -0.25) is 0 Å². The van der Waals surface area contributed by atoms with Gasteiger partial charge in [0, 0.05) is 12.1 Å². The van der Waals surface area contributed by atoms with E-state index in [0.29, 0.717) is 0 Å². The Morgan fingerprint density at radius 3 is 2.60 bits per heavy atom. The van der Waals surface area contributed by atoms with Gasteiger partial charge in [0.15, 0.2) is 0 Å². The van der Waals surface area contributed by atoms with Crippen LogP contribution in [0.3, 0.4) is 0 Å². The molecule has 0 aromatic heterocycles. The molecular formula is C19H27N. The molecule has 2 saturated carbocycles. The summed E-state index contributed by atoms with van der Waals surface area (Å²) >= 11 is 0. The minimum Gasteiger partial charge on any atom is -0.311 e. The maximum Gasteiger partial charge on any atom is 0.0142 e. The van der Waals surface area contributed by atoms with Crippen LogP contribution in [0.2, 0.25) is 0 Å². The van der Waals surface area contributed by atoms with Gasteiger partial charge in [-0.1, -0.05) is 68.2 Å². The van der Waals surface area contributed by atoms with Gasteiger partial charge >= 0.3 is 0 Å². The number of hydrogen-bond acceptors (Lipinski definition) is 1. The lowest BCUT2D eigenvalue weighted by Gasteiger charge is -2.23. The van der Waals surface area contributed by atoms with Gasteiger partial charge in [-0.05, 0) is 37.2 Å². The molecule has 1 heteroatoms. The predicted octanol–water partition coefficient (Wildman–Crippen LogP) is 4.79. The lowest BCUT2D eigenvalue weighted by atomic mass is 9.95. The van der Waals surface area contributed by atoms with Crippen LogP contribution >= 0.6 is 0 Å². The van der Waals surface area contributed by atoms with E-state index in [1.807, 2.05) is 0 Å². The minimum atomic E-state index is 0.757. The largest absolute Gasteiger partial charge is 0.311 e. The first kappa shape index (κ1) is 13.9. The summed E-state index contributed by atoms with van der Waals surface area (Å²) in [6, 6.07) is 12.3. The molecule has 2 aliphatic carbocycles. The average Bonchev–Trinajstić information content (AvgIpc) is 3.26. The molecule has 0 saturated heterocycles. The van der Waals surface area contributed by atoms with Gasteiger partial charge in [-0.25, -0.2) is 0 Å². The molecule has 1 aromatic rings. The monoisotopic (exact) mass is 269 g/mol. The predicted molar refractivity (Wildman–Crippen MR) is 86.6 cm³/mol. The van der Waals surface area contributed by atoms with Gasteiger partial charge < -0.3 is 5.32 Å². The number of nitrogens with one attached hydrogen (secondary N) is 1. The van der Waals surface area contributed by atoms with E-state index in [1.54, 1.807) is 5.57 Å². The Kier molecular flexibility index (Phi) is 4.57. The number of hydrogen-bond donors (Lipinski definition) is 1. The second-order valence-electron chi connectivity index (χ2n) is 6.43. The molecule has 0 unspecified atom stereocenters. The normalized spacial score (nSPS) is 27.6. The lowest BCUT2D eigenvalue weighted by molar-refractivity contribution is 0.367. The molecule has 0 aliphatic heterocycles. The Balaban J connectivity index is 1.57. The highest BCUT2D eigenvalue weighted by molar-refractivity contribution is 5.54. The highest BCUT2D eigenvalue weighted by Crippen LogP contribution is 2.40. The zero-order chi connectivity index (χ0) is 13.8. The van der Waals surface area contributed by atoms with Crippen LogP contribution < -0.4 is 5.32 Å². The van der Waals surface area contributed by atoms with Crippen molar-refractivity contribution in [3.05, 3.63) is 41.5 Å². The smallest absolute Gasteiger partial charge is 0.0142 e. The first-order valence-corrected chi connectivity index (χ1v) is 8.38. The molecule has 0 bridgehead atoms. The van der Waals surface area contributed by atoms with Crippen molar-refractivity contribution in [2.45, 2.75) is 64.0 Å². The van der Waals surface area contributed by atoms with Crippen molar-refractivity contribution in [1.29, 1.82) is 0 Å². The summed E-state index contributed by atoms with van der Waals surface area (Å²) in [7, 11) is 0. The SMILES string of the molecule is CC/C(=C\c1ccccc1)[C@@H]1C[C@H]1NC1CCCCC1. The van der Waals surface area contributed by atoms with Crippen LogP contribution in [0.25, 0.3) is 6.08 Å². The second-order valence-corrected chi connectivity index (χ2v) is 6.43. The third-order valence-corrected chi connectivity index (χ3v) is 4.88. The molecule has 2 aliphatic rings. The molecule has 108 valence electrons. The van der Waals surface area contributed by atoms with E-state index in [0.717, 1.165) is 18.0 Å². The summed E-state index contributed by atoms with van der Waals surface area (Å²) in [6.45, 7) is 2.30. The molecular weight excluding hydrogens is 242 g/mol. The van der Waals surface area contributed by atoms with E-state index in [2.05, 4.69) is 48.6 Å². The molecule has 20 heavy (non-hydrogen) atoms. The molecule has 3 rings (SSSR count). The van der Waals surface area contributed by atoms with Gasteiger partial charge in [-0.2, -0.15) is 0 Å². The van der Waals surface area contributed by atoms with E-state index < -0.39 is 0 Å². The topological polar surface area (TPSA) is 12.0 Å². The fraction of sp³-hybridized carbons (Fsp3) is 0.579. The summed E-state index contributed by atoms with van der Waals surface area (Å²) in [5.41, 5.74) is 2.98. The molecule has 2 atom stereocenters. The van der Waals surface area contributed by atoms with E-state index in [9.17, 15) is 0 Å². The summed E-state index contributed by atoms with van der Waals surface area (Å²) in [4.78, 5) is 0. The third-order valence-electron chi connectivity index (χ3n) is 4.88. The first-order chi connectivity index (χ1) is 9.86. The molecule has 1 nitrogen and oxygen atoms in total. The lowest BCUT2D eigenvalue weighted by Crippen LogP contribution is -2.33. The summed E-state index contributed by atoms with van der Waals surface area (Å²) < 4.78 is 0. The number of benzene rings is 1. The van der Waals surface area contributed by atoms with Gasteiger partial charge in [0.1, 0.15) is 0 Å². The van der Waals surface area contributed by atoms with E-state index in [-0.39, 0.29) is 0 Å². The van der Waals surface area contributed by atoms with Crippen molar-refractivity contribution < 1.29 is 0 Å². The van der Waals surface area contributed by atoms with Crippen molar-refractivity contribution in [3.63, 3.8) is 0 Å². The van der Waals surface area contributed by atoms with Crippen molar-refractivity contribution >= 4 is 6.08 Å². The summed E-state index contributed by atoms with van der Waals surface area (Å²) in [6.07, 6.45) is 12.0. The van der Waals surface area contributed by atoms with Crippen molar-refractivity contribution in [1.82, 2.24) is 5.32 Å². The van der Waals surface area contributed by atoms with Crippen LogP contribution in [0, 0.1) is 5.92 Å². The highest BCUT2D eigenvalue weighted by atomic mass is 15.0. The average molecular weight is 269 g/mol. The molecule has 0 spiro atoms. The molecule has 2 fully saturated rings. The summed E-state index contributed by atoms with van der Waals surface area (Å²) in [5.74, 6) is 0.794. The third kappa shape index (κ3) is 3.52. The zero-order valence-electron chi connectivity index (χ0n) is 12.6. The molecule has 1 N–H and O–H groups in total. The van der Waals surface area contributed by atoms with Crippen molar-refractivity contribution in [2.24, 2.45) is 5.92 Å². The Hall–Kier alpha value is -1.08. The van der Waals surface area contributed by atoms with Crippen molar-refractivity contribution in [3.8, 4) is 0 Å². The Morgan fingerprint density at radius 2 is 1.90 bits per heavy atom. The van der Waals surface area contributed by atoms with Gasteiger partial charge in [0.25, 0.3) is 0 Å².